The van der Waals surface area contributed by atoms with Crippen LogP contribution in [0.2, 0.25) is 10.3 Å². The standard InChI is InChI=1S/C26H21Cl2F3N4O2/c1-36-21-10-19(37-14-18-6-5-17(12-32-18)26(29,30)31)7-8-20(21)23-24(28)34-25(35(23)13-15-2-3-15)16-4-9-22(27)33-11-16/h4-12,15H,2-3,13-14H2,1H3. The normalized spacial score (nSPS) is 13.6. The first-order valence-corrected chi connectivity index (χ1v) is 12.2. The van der Waals surface area contributed by atoms with Crippen molar-refractivity contribution in [1.29, 1.82) is 0 Å². The van der Waals surface area contributed by atoms with Gasteiger partial charge in [-0.1, -0.05) is 23.2 Å². The number of imidazole rings is 1. The summed E-state index contributed by atoms with van der Waals surface area (Å²) in [6, 6.07) is 11.1. The summed E-state index contributed by atoms with van der Waals surface area (Å²) in [5.41, 5.74) is 1.79. The predicted molar refractivity (Wildman–Crippen MR) is 134 cm³/mol. The van der Waals surface area contributed by atoms with Crippen LogP contribution in [0.25, 0.3) is 22.6 Å². The van der Waals surface area contributed by atoms with Crippen LogP contribution >= 0.6 is 23.2 Å². The number of aromatic nitrogens is 4. The molecule has 37 heavy (non-hydrogen) atoms. The van der Waals surface area contributed by atoms with Crippen molar-refractivity contribution in [2.24, 2.45) is 5.92 Å². The molecule has 11 heteroatoms. The first kappa shape index (κ1) is 25.4. The zero-order valence-corrected chi connectivity index (χ0v) is 21.1. The van der Waals surface area contributed by atoms with Crippen molar-refractivity contribution in [1.82, 2.24) is 19.5 Å². The van der Waals surface area contributed by atoms with E-state index >= 15 is 0 Å². The molecule has 3 aromatic heterocycles. The second-order valence-corrected chi connectivity index (χ2v) is 9.43. The first-order valence-electron chi connectivity index (χ1n) is 11.4. The van der Waals surface area contributed by atoms with E-state index in [9.17, 15) is 13.2 Å². The molecule has 0 radical (unpaired) electrons. The molecule has 1 fully saturated rings. The number of rotatable bonds is 8. The molecule has 0 spiro atoms. The van der Waals surface area contributed by atoms with Crippen molar-refractivity contribution in [3.8, 4) is 34.1 Å². The Morgan fingerprint density at radius 2 is 1.84 bits per heavy atom. The Labute approximate surface area is 221 Å². The predicted octanol–water partition coefficient (Wildman–Crippen LogP) is 7.33. The maximum atomic E-state index is 12.8. The molecule has 5 rings (SSSR count). The fourth-order valence-electron chi connectivity index (χ4n) is 3.94. The summed E-state index contributed by atoms with van der Waals surface area (Å²) < 4.78 is 51.8. The maximum absolute atomic E-state index is 12.8. The van der Waals surface area contributed by atoms with E-state index in [-0.39, 0.29) is 6.61 Å². The molecule has 0 aliphatic heterocycles. The fraction of sp³-hybridized carbons (Fsp3) is 0.269. The van der Waals surface area contributed by atoms with Gasteiger partial charge in [0.25, 0.3) is 0 Å². The third-order valence-electron chi connectivity index (χ3n) is 6.02. The molecule has 1 aliphatic carbocycles. The van der Waals surface area contributed by atoms with Crippen LogP contribution in [0.3, 0.4) is 0 Å². The average Bonchev–Trinajstić information content (AvgIpc) is 3.64. The topological polar surface area (TPSA) is 62.1 Å². The zero-order valence-electron chi connectivity index (χ0n) is 19.6. The largest absolute Gasteiger partial charge is 0.496 e. The molecule has 0 N–H and O–H groups in total. The molecule has 192 valence electrons. The van der Waals surface area contributed by atoms with Gasteiger partial charge >= 0.3 is 6.18 Å². The van der Waals surface area contributed by atoms with E-state index in [4.69, 9.17) is 32.7 Å². The highest BCUT2D eigenvalue weighted by molar-refractivity contribution is 6.32. The fourth-order valence-corrected chi connectivity index (χ4v) is 4.33. The van der Waals surface area contributed by atoms with Crippen LogP contribution in [0.4, 0.5) is 13.2 Å². The minimum absolute atomic E-state index is 0.00524. The van der Waals surface area contributed by atoms with Crippen molar-refractivity contribution in [2.45, 2.75) is 32.2 Å². The Hall–Kier alpha value is -3.30. The number of hydrogen-bond donors (Lipinski definition) is 0. The Bertz CT molecular complexity index is 1400. The number of alkyl halides is 3. The Morgan fingerprint density at radius 3 is 2.46 bits per heavy atom. The van der Waals surface area contributed by atoms with Crippen molar-refractivity contribution >= 4 is 23.2 Å². The molecule has 6 nitrogen and oxygen atoms in total. The average molecular weight is 549 g/mol. The Kier molecular flexibility index (Phi) is 7.00. The van der Waals surface area contributed by atoms with E-state index in [2.05, 4.69) is 19.5 Å². The van der Waals surface area contributed by atoms with Gasteiger partial charge in [-0.05, 0) is 55.2 Å². The van der Waals surface area contributed by atoms with Crippen LogP contribution in [0.5, 0.6) is 11.5 Å². The van der Waals surface area contributed by atoms with Gasteiger partial charge in [0.05, 0.1) is 24.1 Å². The molecule has 0 unspecified atom stereocenters. The smallest absolute Gasteiger partial charge is 0.417 e. The number of pyridine rings is 2. The van der Waals surface area contributed by atoms with Gasteiger partial charge in [-0.3, -0.25) is 4.98 Å². The number of hydrogen-bond acceptors (Lipinski definition) is 5. The van der Waals surface area contributed by atoms with E-state index in [1.807, 2.05) is 12.1 Å². The van der Waals surface area contributed by atoms with Crippen LogP contribution in [-0.4, -0.2) is 26.6 Å². The maximum Gasteiger partial charge on any atom is 0.417 e. The minimum Gasteiger partial charge on any atom is -0.496 e. The third-order valence-corrected chi connectivity index (χ3v) is 6.50. The van der Waals surface area contributed by atoms with Gasteiger partial charge in [-0.2, -0.15) is 13.2 Å². The van der Waals surface area contributed by atoms with Crippen LogP contribution in [0, 0.1) is 5.92 Å². The molecule has 3 heterocycles. The molecule has 0 saturated heterocycles. The van der Waals surface area contributed by atoms with Crippen LogP contribution < -0.4 is 9.47 Å². The lowest BCUT2D eigenvalue weighted by molar-refractivity contribution is -0.137. The van der Waals surface area contributed by atoms with E-state index in [1.165, 1.54) is 6.07 Å². The van der Waals surface area contributed by atoms with Crippen molar-refractivity contribution in [3.63, 3.8) is 0 Å². The molecule has 4 aromatic rings. The molecular formula is C26H21Cl2F3N4O2. The van der Waals surface area contributed by atoms with Crippen molar-refractivity contribution < 1.29 is 22.6 Å². The number of nitrogens with zero attached hydrogens (tertiary/aromatic N) is 4. The second-order valence-electron chi connectivity index (χ2n) is 8.69. The van der Waals surface area contributed by atoms with E-state index in [0.717, 1.165) is 42.8 Å². The summed E-state index contributed by atoms with van der Waals surface area (Å²) in [6.45, 7) is 0.739. The highest BCUT2D eigenvalue weighted by atomic mass is 35.5. The lowest BCUT2D eigenvalue weighted by atomic mass is 10.1. The molecule has 0 bridgehead atoms. The Balaban J connectivity index is 1.43. The summed E-state index contributed by atoms with van der Waals surface area (Å²) in [4.78, 5) is 12.7. The van der Waals surface area contributed by atoms with Gasteiger partial charge in [0.2, 0.25) is 0 Å². The van der Waals surface area contributed by atoms with Gasteiger partial charge < -0.3 is 14.0 Å². The van der Waals surface area contributed by atoms with Crippen LogP contribution in [-0.2, 0) is 19.3 Å². The van der Waals surface area contributed by atoms with Crippen molar-refractivity contribution in [2.75, 3.05) is 7.11 Å². The molecule has 1 aromatic carbocycles. The second kappa shape index (κ2) is 10.2. The lowest BCUT2D eigenvalue weighted by Gasteiger charge is -2.16. The van der Waals surface area contributed by atoms with Crippen LogP contribution in [0.1, 0.15) is 24.1 Å². The Morgan fingerprint density at radius 1 is 1.03 bits per heavy atom. The van der Waals surface area contributed by atoms with Crippen LogP contribution in [0.15, 0.2) is 54.9 Å². The number of ether oxygens (including phenoxy) is 2. The number of halogens is 5. The van der Waals surface area contributed by atoms with Gasteiger partial charge in [0, 0.05) is 36.1 Å². The monoisotopic (exact) mass is 548 g/mol. The summed E-state index contributed by atoms with van der Waals surface area (Å²) >= 11 is 12.6. The molecule has 0 atom stereocenters. The summed E-state index contributed by atoms with van der Waals surface area (Å²) in [5.74, 6) is 2.20. The lowest BCUT2D eigenvalue weighted by Crippen LogP contribution is -2.07. The molecule has 1 aliphatic rings. The summed E-state index contributed by atoms with van der Waals surface area (Å²) in [5, 5.41) is 0.714. The third kappa shape index (κ3) is 5.67. The van der Waals surface area contributed by atoms with E-state index < -0.39 is 11.7 Å². The summed E-state index contributed by atoms with van der Waals surface area (Å²) in [7, 11) is 1.54. The molecule has 0 amide bonds. The number of methoxy groups -OCH3 is 1. The first-order chi connectivity index (χ1) is 17.7. The van der Waals surface area contributed by atoms with Gasteiger partial charge in [-0.25, -0.2) is 9.97 Å². The van der Waals surface area contributed by atoms with Gasteiger partial charge in [-0.15, -0.1) is 0 Å². The quantitative estimate of drug-likeness (QED) is 0.216. The van der Waals surface area contributed by atoms with Crippen molar-refractivity contribution in [3.05, 3.63) is 76.4 Å². The highest BCUT2D eigenvalue weighted by Crippen LogP contribution is 2.42. The number of benzene rings is 1. The molecular weight excluding hydrogens is 528 g/mol. The zero-order chi connectivity index (χ0) is 26.2. The SMILES string of the molecule is COc1cc(OCc2ccc(C(F)(F)F)cn2)ccc1-c1c(Cl)nc(-c2ccc(Cl)nc2)n1CC1CC1. The summed E-state index contributed by atoms with van der Waals surface area (Å²) in [6.07, 6.45) is 0.286. The van der Waals surface area contributed by atoms with E-state index in [0.29, 0.717) is 44.9 Å². The highest BCUT2D eigenvalue weighted by Gasteiger charge is 2.31. The minimum atomic E-state index is -4.44. The molecule has 1 saturated carbocycles. The van der Waals surface area contributed by atoms with Gasteiger partial charge in [0.1, 0.15) is 29.1 Å². The van der Waals surface area contributed by atoms with E-state index in [1.54, 1.807) is 31.5 Å². The van der Waals surface area contributed by atoms with Gasteiger partial charge in [0.15, 0.2) is 5.15 Å².